The molecule has 3 atom stereocenters. The highest BCUT2D eigenvalue weighted by Gasteiger charge is 2.27. The van der Waals surface area contributed by atoms with Crippen LogP contribution in [0.1, 0.15) is 37.7 Å². The molecule has 1 heterocycles. The Kier molecular flexibility index (Phi) is 8.88. The molecule has 1 aromatic rings. The lowest BCUT2D eigenvalue weighted by Crippen LogP contribution is -2.48. The highest BCUT2D eigenvalue weighted by molar-refractivity contribution is 6.30. The number of carbonyl (C=O) groups is 3. The molecule has 0 aromatic heterocycles. The van der Waals surface area contributed by atoms with Crippen LogP contribution >= 0.6 is 11.6 Å². The van der Waals surface area contributed by atoms with E-state index in [1.54, 1.807) is 24.3 Å². The van der Waals surface area contributed by atoms with E-state index in [4.69, 9.17) is 16.7 Å². The predicted octanol–water partition coefficient (Wildman–Crippen LogP) is 0.880. The normalized spacial score (nSPS) is 17.8. The number of aliphatic hydroxyl groups is 1. The third-order valence-electron chi connectivity index (χ3n) is 5.07. The summed E-state index contributed by atoms with van der Waals surface area (Å²) in [7, 11) is 0. The van der Waals surface area contributed by atoms with E-state index in [9.17, 15) is 19.5 Å². The second-order valence-electron chi connectivity index (χ2n) is 7.35. The first-order valence-corrected chi connectivity index (χ1v) is 10.1. The molecular weight excluding hydrogens is 398 g/mol. The van der Waals surface area contributed by atoms with Gasteiger partial charge in [-0.3, -0.25) is 9.59 Å². The number of carboxylic acid groups (broad SMARTS) is 1. The van der Waals surface area contributed by atoms with Gasteiger partial charge < -0.3 is 26.2 Å². The van der Waals surface area contributed by atoms with E-state index < -0.39 is 24.0 Å². The van der Waals surface area contributed by atoms with E-state index in [1.807, 2.05) is 0 Å². The number of hydrogen-bond donors (Lipinski definition) is 5. The standard InChI is InChI=1S/C20H28ClN3O5/c1-12(25)18(20(28)29)24-17(26)10-15(13-2-4-16(21)5-3-13)11-23-19(27)14-6-8-22-9-7-14/h2-5,12,14-15,18,22,25H,6-11H2,1H3,(H,23,27)(H,24,26)(H,28,29)/t12-,15-,18-/m0/s1. The molecule has 0 spiro atoms. The van der Waals surface area contributed by atoms with E-state index in [0.717, 1.165) is 31.5 Å². The van der Waals surface area contributed by atoms with Crippen molar-refractivity contribution < 1.29 is 24.6 Å². The van der Waals surface area contributed by atoms with E-state index in [1.165, 1.54) is 6.92 Å². The van der Waals surface area contributed by atoms with Crippen LogP contribution in [-0.4, -0.2) is 59.8 Å². The number of hydrogen-bond acceptors (Lipinski definition) is 5. The molecule has 8 nitrogen and oxygen atoms in total. The van der Waals surface area contributed by atoms with Crippen LogP contribution in [0.3, 0.4) is 0 Å². The maximum atomic E-state index is 12.5. The maximum absolute atomic E-state index is 12.5. The topological polar surface area (TPSA) is 128 Å². The quantitative estimate of drug-likeness (QED) is 0.399. The van der Waals surface area contributed by atoms with Crippen LogP contribution in [0, 0.1) is 5.92 Å². The molecule has 1 aliphatic rings. The number of carboxylic acids is 1. The second kappa shape index (κ2) is 11.1. The fourth-order valence-electron chi connectivity index (χ4n) is 3.34. The number of nitrogens with one attached hydrogen (secondary N) is 3. The minimum atomic E-state index is -1.39. The molecule has 1 fully saturated rings. The molecular formula is C20H28ClN3O5. The van der Waals surface area contributed by atoms with Gasteiger partial charge in [0.15, 0.2) is 6.04 Å². The van der Waals surface area contributed by atoms with Crippen LogP contribution in [0.4, 0.5) is 0 Å². The van der Waals surface area contributed by atoms with Crippen molar-refractivity contribution in [2.45, 2.75) is 44.2 Å². The van der Waals surface area contributed by atoms with Crippen LogP contribution in [-0.2, 0) is 14.4 Å². The third-order valence-corrected chi connectivity index (χ3v) is 5.32. The summed E-state index contributed by atoms with van der Waals surface area (Å²) in [5.74, 6) is -2.29. The van der Waals surface area contributed by atoms with E-state index in [0.29, 0.717) is 5.02 Å². The first kappa shape index (κ1) is 23.1. The smallest absolute Gasteiger partial charge is 0.328 e. The lowest BCUT2D eigenvalue weighted by Gasteiger charge is -2.24. The first-order chi connectivity index (χ1) is 13.8. The Morgan fingerprint density at radius 1 is 1.21 bits per heavy atom. The Labute approximate surface area is 175 Å². The number of piperidine rings is 1. The van der Waals surface area contributed by atoms with Crippen molar-refractivity contribution in [3.05, 3.63) is 34.9 Å². The number of halogens is 1. The van der Waals surface area contributed by atoms with Gasteiger partial charge in [0, 0.05) is 29.8 Å². The molecule has 2 amide bonds. The summed E-state index contributed by atoms with van der Waals surface area (Å²) in [6.07, 6.45) is 0.272. The van der Waals surface area contributed by atoms with Gasteiger partial charge in [-0.1, -0.05) is 23.7 Å². The van der Waals surface area contributed by atoms with Crippen molar-refractivity contribution in [3.8, 4) is 0 Å². The van der Waals surface area contributed by atoms with Crippen molar-refractivity contribution in [1.29, 1.82) is 0 Å². The molecule has 160 valence electrons. The van der Waals surface area contributed by atoms with Gasteiger partial charge in [0.25, 0.3) is 0 Å². The van der Waals surface area contributed by atoms with E-state index >= 15 is 0 Å². The number of aliphatic hydroxyl groups excluding tert-OH is 1. The van der Waals surface area contributed by atoms with Crippen LogP contribution in [0.25, 0.3) is 0 Å². The Bertz CT molecular complexity index is 705. The summed E-state index contributed by atoms with van der Waals surface area (Å²) in [5.41, 5.74) is 0.805. The lowest BCUT2D eigenvalue weighted by molar-refractivity contribution is -0.144. The average molecular weight is 426 g/mol. The minimum absolute atomic E-state index is 0.0371. The third kappa shape index (κ3) is 7.30. The zero-order valence-corrected chi connectivity index (χ0v) is 17.1. The zero-order chi connectivity index (χ0) is 21.4. The lowest BCUT2D eigenvalue weighted by atomic mass is 9.93. The molecule has 0 bridgehead atoms. The summed E-state index contributed by atoms with van der Waals surface area (Å²) in [6, 6.07) is 5.57. The highest BCUT2D eigenvalue weighted by atomic mass is 35.5. The Morgan fingerprint density at radius 2 is 1.83 bits per heavy atom. The van der Waals surface area contributed by atoms with Crippen LogP contribution in [0.2, 0.25) is 5.02 Å². The molecule has 1 aliphatic heterocycles. The molecule has 0 saturated carbocycles. The molecule has 1 saturated heterocycles. The molecule has 9 heteroatoms. The first-order valence-electron chi connectivity index (χ1n) is 9.72. The molecule has 0 radical (unpaired) electrons. The van der Waals surface area contributed by atoms with Gasteiger partial charge in [-0.15, -0.1) is 0 Å². The molecule has 0 aliphatic carbocycles. The van der Waals surface area contributed by atoms with Gasteiger partial charge in [-0.05, 0) is 50.6 Å². The molecule has 29 heavy (non-hydrogen) atoms. The minimum Gasteiger partial charge on any atom is -0.480 e. The summed E-state index contributed by atoms with van der Waals surface area (Å²) in [5, 5.41) is 27.7. The summed E-state index contributed by atoms with van der Waals surface area (Å²) in [4.78, 5) is 36.1. The van der Waals surface area contributed by atoms with Gasteiger partial charge in [0.1, 0.15) is 0 Å². The largest absolute Gasteiger partial charge is 0.480 e. The molecule has 5 N–H and O–H groups in total. The molecule has 0 unspecified atom stereocenters. The van der Waals surface area contributed by atoms with Crippen molar-refractivity contribution in [3.63, 3.8) is 0 Å². The summed E-state index contributed by atoms with van der Waals surface area (Å²) < 4.78 is 0. The Balaban J connectivity index is 2.04. The maximum Gasteiger partial charge on any atom is 0.328 e. The SMILES string of the molecule is C[C@H](O)[C@H](NC(=O)C[C@@H](CNC(=O)C1CCNCC1)c1ccc(Cl)cc1)C(=O)O. The highest BCUT2D eigenvalue weighted by Crippen LogP contribution is 2.22. The number of benzene rings is 1. The fourth-order valence-corrected chi connectivity index (χ4v) is 3.47. The van der Waals surface area contributed by atoms with Crippen molar-refractivity contribution >= 4 is 29.4 Å². The van der Waals surface area contributed by atoms with Crippen molar-refractivity contribution in [2.24, 2.45) is 5.92 Å². The average Bonchev–Trinajstić information content (AvgIpc) is 2.70. The van der Waals surface area contributed by atoms with Crippen molar-refractivity contribution in [2.75, 3.05) is 19.6 Å². The Morgan fingerprint density at radius 3 is 2.38 bits per heavy atom. The molecule has 1 aromatic carbocycles. The number of aliphatic carboxylic acids is 1. The zero-order valence-electron chi connectivity index (χ0n) is 16.4. The van der Waals surface area contributed by atoms with Gasteiger partial charge >= 0.3 is 5.97 Å². The van der Waals surface area contributed by atoms with E-state index in [2.05, 4.69) is 16.0 Å². The van der Waals surface area contributed by atoms with E-state index in [-0.39, 0.29) is 30.7 Å². The van der Waals surface area contributed by atoms with Gasteiger partial charge in [0.2, 0.25) is 11.8 Å². The number of amides is 2. The van der Waals surface area contributed by atoms with Gasteiger partial charge in [0.05, 0.1) is 6.10 Å². The second-order valence-corrected chi connectivity index (χ2v) is 7.78. The van der Waals surface area contributed by atoms with Crippen LogP contribution in [0.5, 0.6) is 0 Å². The van der Waals surface area contributed by atoms with Gasteiger partial charge in [-0.2, -0.15) is 0 Å². The summed E-state index contributed by atoms with van der Waals surface area (Å²) >= 11 is 5.94. The monoisotopic (exact) mass is 425 g/mol. The fraction of sp³-hybridized carbons (Fsp3) is 0.550. The number of carbonyl (C=O) groups excluding carboxylic acids is 2. The summed E-state index contributed by atoms with van der Waals surface area (Å²) in [6.45, 7) is 3.15. The van der Waals surface area contributed by atoms with Gasteiger partial charge in [-0.25, -0.2) is 4.79 Å². The van der Waals surface area contributed by atoms with Crippen LogP contribution in [0.15, 0.2) is 24.3 Å². The molecule has 2 rings (SSSR count). The number of rotatable bonds is 9. The Hall–Kier alpha value is -2.16. The van der Waals surface area contributed by atoms with Crippen molar-refractivity contribution in [1.82, 2.24) is 16.0 Å². The van der Waals surface area contributed by atoms with Crippen LogP contribution < -0.4 is 16.0 Å². The predicted molar refractivity (Wildman–Crippen MR) is 109 cm³/mol.